The Kier molecular flexibility index (Phi) is 5.95. The molecule has 1 saturated heterocycles. The van der Waals surface area contributed by atoms with Gasteiger partial charge in [-0.05, 0) is 56.2 Å². The average Bonchev–Trinajstić information content (AvgIpc) is 3.17. The van der Waals surface area contributed by atoms with E-state index in [2.05, 4.69) is 40.0 Å². The molecule has 0 N–H and O–H groups in total. The van der Waals surface area contributed by atoms with Crippen LogP contribution in [0, 0.1) is 5.92 Å². The van der Waals surface area contributed by atoms with E-state index >= 15 is 0 Å². The van der Waals surface area contributed by atoms with Crippen molar-refractivity contribution in [3.63, 3.8) is 0 Å². The maximum absolute atomic E-state index is 6.06. The lowest BCUT2D eigenvalue weighted by atomic mass is 9.96. The largest absolute Gasteiger partial charge is 0.491 e. The van der Waals surface area contributed by atoms with Crippen molar-refractivity contribution < 1.29 is 14.2 Å². The van der Waals surface area contributed by atoms with Gasteiger partial charge in [0.15, 0.2) is 6.23 Å². The van der Waals surface area contributed by atoms with Gasteiger partial charge in [-0.25, -0.2) is 4.68 Å². The van der Waals surface area contributed by atoms with E-state index in [0.29, 0.717) is 25.7 Å². The van der Waals surface area contributed by atoms with E-state index < -0.39 is 0 Å². The van der Waals surface area contributed by atoms with Gasteiger partial charge in [-0.15, -0.1) is 0 Å². The molecule has 1 fully saturated rings. The van der Waals surface area contributed by atoms with Crippen LogP contribution in [0.25, 0.3) is 16.5 Å². The van der Waals surface area contributed by atoms with Crippen LogP contribution in [0.1, 0.15) is 44.0 Å². The lowest BCUT2D eigenvalue weighted by molar-refractivity contribution is -0.0367. The fourth-order valence-corrected chi connectivity index (χ4v) is 4.38. The molecule has 30 heavy (non-hydrogen) atoms. The van der Waals surface area contributed by atoms with Crippen LogP contribution in [0.2, 0.25) is 0 Å². The van der Waals surface area contributed by atoms with E-state index in [1.165, 1.54) is 6.42 Å². The molecule has 0 aliphatic carbocycles. The average molecular weight is 408 g/mol. The quantitative estimate of drug-likeness (QED) is 0.650. The van der Waals surface area contributed by atoms with Gasteiger partial charge in [0.1, 0.15) is 18.1 Å². The minimum Gasteiger partial charge on any atom is -0.491 e. The predicted octanol–water partition coefficient (Wildman–Crippen LogP) is 4.56. The van der Waals surface area contributed by atoms with Gasteiger partial charge in [-0.2, -0.15) is 5.10 Å². The highest BCUT2D eigenvalue weighted by Gasteiger charge is 2.23. The molecule has 0 saturated carbocycles. The molecule has 0 spiro atoms. The van der Waals surface area contributed by atoms with Crippen molar-refractivity contribution in [3.8, 4) is 5.75 Å². The van der Waals surface area contributed by atoms with E-state index in [4.69, 9.17) is 19.3 Å². The summed E-state index contributed by atoms with van der Waals surface area (Å²) in [6.45, 7) is 3.37. The molecule has 3 aliphatic heterocycles. The van der Waals surface area contributed by atoms with E-state index in [9.17, 15) is 0 Å². The van der Waals surface area contributed by atoms with E-state index in [1.807, 2.05) is 12.3 Å². The summed E-state index contributed by atoms with van der Waals surface area (Å²) in [6.07, 6.45) is 14.0. The number of aliphatic imine (C=N–C) groups is 1. The van der Waals surface area contributed by atoms with E-state index in [0.717, 1.165) is 66.8 Å². The Morgan fingerprint density at radius 1 is 1.03 bits per heavy atom. The second kappa shape index (κ2) is 9.14. The minimum atomic E-state index is -0.00802. The molecular formula is C24H29N3O3. The number of hydrogen-bond acceptors (Lipinski definition) is 5. The molecule has 6 nitrogen and oxygen atoms in total. The molecule has 4 bridgehead atoms. The molecular weight excluding hydrogens is 378 g/mol. The van der Waals surface area contributed by atoms with Crippen LogP contribution in [-0.2, 0) is 9.47 Å². The predicted molar refractivity (Wildman–Crippen MR) is 118 cm³/mol. The highest BCUT2D eigenvalue weighted by molar-refractivity contribution is 6.14. The summed E-state index contributed by atoms with van der Waals surface area (Å²) in [5, 5.41) is 6.13. The summed E-state index contributed by atoms with van der Waals surface area (Å²) in [5.41, 5.74) is 3.15. The summed E-state index contributed by atoms with van der Waals surface area (Å²) in [6, 6.07) is 6.22. The van der Waals surface area contributed by atoms with Crippen molar-refractivity contribution >= 4 is 22.7 Å². The third-order valence-corrected chi connectivity index (χ3v) is 5.95. The van der Waals surface area contributed by atoms with Crippen molar-refractivity contribution in [3.05, 3.63) is 42.1 Å². The van der Waals surface area contributed by atoms with E-state index in [1.54, 1.807) is 0 Å². The van der Waals surface area contributed by atoms with Gasteiger partial charge in [0.25, 0.3) is 0 Å². The fraction of sp³-hybridized carbons (Fsp3) is 0.500. The van der Waals surface area contributed by atoms with Crippen molar-refractivity contribution in [1.82, 2.24) is 9.78 Å². The Morgan fingerprint density at radius 2 is 2.03 bits per heavy atom. The third kappa shape index (κ3) is 4.20. The molecule has 158 valence electrons. The minimum absolute atomic E-state index is 0.00802. The lowest BCUT2D eigenvalue weighted by Gasteiger charge is -2.23. The van der Waals surface area contributed by atoms with Crippen molar-refractivity contribution in [1.29, 1.82) is 0 Å². The number of allylic oxidation sites excluding steroid dienone is 2. The highest BCUT2D eigenvalue weighted by atomic mass is 16.5. The molecule has 1 aromatic carbocycles. The van der Waals surface area contributed by atoms with Crippen LogP contribution in [0.15, 0.2) is 41.4 Å². The number of aromatic nitrogens is 2. The van der Waals surface area contributed by atoms with Gasteiger partial charge in [-0.3, -0.25) is 4.99 Å². The molecule has 3 aliphatic rings. The number of rotatable bonds is 1. The number of nitrogens with zero attached hydrogens (tertiary/aromatic N) is 3. The van der Waals surface area contributed by atoms with Crippen LogP contribution in [0.5, 0.6) is 5.75 Å². The Labute approximate surface area is 177 Å². The van der Waals surface area contributed by atoms with Crippen LogP contribution in [0.4, 0.5) is 0 Å². The van der Waals surface area contributed by atoms with E-state index in [-0.39, 0.29) is 6.23 Å². The maximum Gasteiger partial charge on any atom is 0.150 e. The molecule has 4 heterocycles. The first-order valence-corrected chi connectivity index (χ1v) is 11.1. The summed E-state index contributed by atoms with van der Waals surface area (Å²) in [5.74, 6) is 1.26. The van der Waals surface area contributed by atoms with Crippen molar-refractivity contribution in [2.24, 2.45) is 10.9 Å². The molecule has 6 heteroatoms. The number of ether oxygens (including phenoxy) is 3. The summed E-state index contributed by atoms with van der Waals surface area (Å²) >= 11 is 0. The fourth-order valence-electron chi connectivity index (χ4n) is 4.38. The van der Waals surface area contributed by atoms with Gasteiger partial charge >= 0.3 is 0 Å². The third-order valence-electron chi connectivity index (χ3n) is 5.95. The first-order valence-electron chi connectivity index (χ1n) is 11.1. The number of hydrogen-bond donors (Lipinski definition) is 0. The maximum atomic E-state index is 6.06. The Morgan fingerprint density at radius 3 is 2.97 bits per heavy atom. The van der Waals surface area contributed by atoms with Gasteiger partial charge in [0.2, 0.25) is 0 Å². The summed E-state index contributed by atoms with van der Waals surface area (Å²) in [7, 11) is 0. The molecule has 2 aromatic rings. The summed E-state index contributed by atoms with van der Waals surface area (Å²) in [4.78, 5) is 4.66. The Bertz CT molecular complexity index is 969. The second-order valence-electron chi connectivity index (χ2n) is 8.14. The Hall–Kier alpha value is -2.44. The first-order chi connectivity index (χ1) is 14.9. The summed E-state index contributed by atoms with van der Waals surface area (Å²) < 4.78 is 19.7. The highest BCUT2D eigenvalue weighted by Crippen LogP contribution is 2.34. The number of fused-ring (bicyclic) bond motifs is 3. The number of dihydropyridines is 1. The van der Waals surface area contributed by atoms with Crippen LogP contribution < -0.4 is 4.74 Å². The SMILES string of the molecule is C1=NCC2C=C1c1nn(C3CCCCO3)c3ccc(cc13)OCCOC/C=C/CC2. The van der Waals surface area contributed by atoms with Crippen LogP contribution >= 0.6 is 0 Å². The van der Waals surface area contributed by atoms with Gasteiger partial charge in [-0.1, -0.05) is 18.2 Å². The first kappa shape index (κ1) is 19.5. The standard InChI is InChI=1S/C24H29N3O3/c1-2-6-18-14-19(17-25-16-18)24-21-15-20(29-13-12-28-10-4-1)8-9-22(21)27(26-24)23-7-3-5-11-30-23/h1,4,8-9,14-15,17-18,23H,2-3,5-7,10-13,16H2/b4-1+. The zero-order valence-corrected chi connectivity index (χ0v) is 17.3. The Balaban J connectivity index is 1.57. The monoisotopic (exact) mass is 407 g/mol. The number of benzene rings is 1. The van der Waals surface area contributed by atoms with Crippen LogP contribution in [-0.4, -0.2) is 49.0 Å². The molecule has 2 unspecified atom stereocenters. The van der Waals surface area contributed by atoms with Gasteiger partial charge in [0.05, 0.1) is 18.7 Å². The van der Waals surface area contributed by atoms with Gasteiger partial charge in [0, 0.05) is 30.3 Å². The topological polar surface area (TPSA) is 57.9 Å². The molecule has 5 rings (SSSR count). The van der Waals surface area contributed by atoms with Crippen LogP contribution in [0.3, 0.4) is 0 Å². The smallest absolute Gasteiger partial charge is 0.150 e. The lowest BCUT2D eigenvalue weighted by Crippen LogP contribution is -2.19. The molecule has 2 atom stereocenters. The zero-order chi connectivity index (χ0) is 20.2. The molecule has 0 radical (unpaired) electrons. The van der Waals surface area contributed by atoms with Crippen molar-refractivity contribution in [2.75, 3.05) is 33.0 Å². The van der Waals surface area contributed by atoms with Gasteiger partial charge < -0.3 is 14.2 Å². The van der Waals surface area contributed by atoms with Crippen molar-refractivity contribution in [2.45, 2.75) is 38.3 Å². The molecule has 1 aromatic heterocycles. The normalized spacial score (nSPS) is 26.3. The second-order valence-corrected chi connectivity index (χ2v) is 8.14. The zero-order valence-electron chi connectivity index (χ0n) is 17.3. The molecule has 0 amide bonds.